The van der Waals surface area contributed by atoms with Crippen molar-refractivity contribution in [1.82, 2.24) is 9.80 Å². The van der Waals surface area contributed by atoms with Gasteiger partial charge in [-0.3, -0.25) is 9.80 Å². The zero-order valence-corrected chi connectivity index (χ0v) is 20.5. The Morgan fingerprint density at radius 1 is 1.00 bits per heavy atom. The first kappa shape index (κ1) is 25.3. The Kier molecular flexibility index (Phi) is 8.31. The maximum Gasteiger partial charge on any atom is 0.343 e. The Morgan fingerprint density at radius 2 is 1.59 bits per heavy atom. The van der Waals surface area contributed by atoms with Crippen LogP contribution in [0.4, 0.5) is 16.2 Å². The van der Waals surface area contributed by atoms with Crippen molar-refractivity contribution in [2.24, 2.45) is 5.84 Å². The van der Waals surface area contributed by atoms with Crippen molar-refractivity contribution < 1.29 is 14.3 Å². The number of hydrogen-bond acceptors (Lipinski definition) is 6. The molecule has 1 atom stereocenters. The lowest BCUT2D eigenvalue weighted by Crippen LogP contribution is -2.49. The van der Waals surface area contributed by atoms with Crippen LogP contribution in [0.3, 0.4) is 0 Å². The molecule has 1 aliphatic heterocycles. The Labute approximate surface area is 202 Å². The van der Waals surface area contributed by atoms with E-state index in [1.165, 1.54) is 7.11 Å². The van der Waals surface area contributed by atoms with E-state index >= 15 is 0 Å². The van der Waals surface area contributed by atoms with Crippen LogP contribution in [0.15, 0.2) is 66.9 Å². The van der Waals surface area contributed by atoms with Crippen LogP contribution < -0.4 is 15.8 Å². The number of esters is 1. The van der Waals surface area contributed by atoms with E-state index < -0.39 is 6.04 Å². The molecule has 1 fully saturated rings. The number of rotatable bonds is 7. The fourth-order valence-electron chi connectivity index (χ4n) is 4.36. The van der Waals surface area contributed by atoms with Gasteiger partial charge >= 0.3 is 12.0 Å². The molecule has 1 aliphatic rings. The van der Waals surface area contributed by atoms with Gasteiger partial charge in [-0.05, 0) is 50.6 Å². The predicted molar refractivity (Wildman–Crippen MR) is 135 cm³/mol. The van der Waals surface area contributed by atoms with Crippen LogP contribution in [0.1, 0.15) is 32.4 Å². The lowest BCUT2D eigenvalue weighted by Gasteiger charge is -2.39. The molecule has 182 valence electrons. The van der Waals surface area contributed by atoms with Crippen LogP contribution in [-0.4, -0.2) is 61.1 Å². The van der Waals surface area contributed by atoms with Gasteiger partial charge in [0.05, 0.1) is 12.8 Å². The van der Waals surface area contributed by atoms with Gasteiger partial charge in [0.1, 0.15) is 6.04 Å². The normalized spacial score (nSPS) is 15.1. The molecule has 0 bridgehead atoms. The summed E-state index contributed by atoms with van der Waals surface area (Å²) in [6.45, 7) is 12.5. The third-order valence-electron chi connectivity index (χ3n) is 6.05. The highest BCUT2D eigenvalue weighted by molar-refractivity contribution is 5.92. The van der Waals surface area contributed by atoms with Crippen molar-refractivity contribution in [2.75, 3.05) is 43.2 Å². The highest BCUT2D eigenvalue weighted by Crippen LogP contribution is 2.27. The van der Waals surface area contributed by atoms with Crippen molar-refractivity contribution in [2.45, 2.75) is 32.9 Å². The summed E-state index contributed by atoms with van der Waals surface area (Å²) in [5.74, 6) is 5.88. The molecule has 0 aromatic heterocycles. The lowest BCUT2D eigenvalue weighted by molar-refractivity contribution is -0.147. The van der Waals surface area contributed by atoms with Crippen LogP contribution in [0.5, 0.6) is 0 Å². The second-order valence-corrected chi connectivity index (χ2v) is 8.73. The van der Waals surface area contributed by atoms with Crippen molar-refractivity contribution in [3.05, 3.63) is 72.4 Å². The molecule has 0 saturated carbocycles. The second-order valence-electron chi connectivity index (χ2n) is 8.73. The first-order chi connectivity index (χ1) is 16.2. The van der Waals surface area contributed by atoms with Gasteiger partial charge in [-0.1, -0.05) is 36.9 Å². The number of hydrazine groups is 1. The minimum Gasteiger partial charge on any atom is -0.468 e. The summed E-state index contributed by atoms with van der Waals surface area (Å²) in [4.78, 5) is 31.3. The molecular weight excluding hydrogens is 430 g/mol. The first-order valence-electron chi connectivity index (χ1n) is 11.5. The summed E-state index contributed by atoms with van der Waals surface area (Å²) >= 11 is 0. The molecule has 8 heteroatoms. The smallest absolute Gasteiger partial charge is 0.343 e. The minimum absolute atomic E-state index is 0.0451. The summed E-state index contributed by atoms with van der Waals surface area (Å²) in [6, 6.07) is 16.6. The molecule has 0 radical (unpaired) electrons. The molecule has 2 amide bonds. The molecule has 8 nitrogen and oxygen atoms in total. The molecule has 34 heavy (non-hydrogen) atoms. The van der Waals surface area contributed by atoms with Crippen molar-refractivity contribution >= 4 is 23.4 Å². The summed E-state index contributed by atoms with van der Waals surface area (Å²) < 4.78 is 5.09. The fourth-order valence-corrected chi connectivity index (χ4v) is 4.36. The highest BCUT2D eigenvalue weighted by atomic mass is 16.5. The number of carbonyl (C=O) groups excluding carboxylic acids is 2. The minimum atomic E-state index is -0.412. The Morgan fingerprint density at radius 3 is 2.09 bits per heavy atom. The number of nitrogens with zero attached hydrogens (tertiary/aromatic N) is 4. The second kappa shape index (κ2) is 11.2. The van der Waals surface area contributed by atoms with Crippen molar-refractivity contribution in [3.63, 3.8) is 0 Å². The number of ether oxygens (including phenoxy) is 1. The summed E-state index contributed by atoms with van der Waals surface area (Å²) in [5, 5.41) is 1.15. The maximum absolute atomic E-state index is 12.8. The quantitative estimate of drug-likeness (QED) is 0.290. The number of piperazine rings is 1. The SMILES string of the molecule is C=C(C)N(C(=O)N(N)c1ccc(N2CCN(C(C(=O)OC)c3ccccc3)CC2)cc1)C(C)C. The molecule has 1 saturated heterocycles. The molecule has 1 unspecified atom stereocenters. The Hall–Kier alpha value is -3.36. The van der Waals surface area contributed by atoms with E-state index in [0.29, 0.717) is 11.4 Å². The number of benzene rings is 2. The Bertz CT molecular complexity index is 985. The Balaban J connectivity index is 1.66. The molecule has 2 N–H and O–H groups in total. The van der Waals surface area contributed by atoms with E-state index in [0.717, 1.165) is 42.4 Å². The standard InChI is InChI=1S/C26H35N5O3/c1-19(2)30(20(3)4)26(33)31(27)23-13-11-22(12-14-23)28-15-17-29(18-16-28)24(25(32)34-5)21-9-7-6-8-10-21/h6-14,20,24H,1,15-18,27H2,2-5H3. The highest BCUT2D eigenvalue weighted by Gasteiger charge is 2.31. The number of methoxy groups -OCH3 is 1. The van der Waals surface area contributed by atoms with E-state index in [1.54, 1.807) is 11.8 Å². The van der Waals surface area contributed by atoms with Crippen LogP contribution in [0.25, 0.3) is 0 Å². The zero-order chi connectivity index (χ0) is 24.8. The molecule has 0 spiro atoms. The number of hydrogen-bond donors (Lipinski definition) is 1. The number of anilines is 2. The van der Waals surface area contributed by atoms with Gasteiger partial charge in [0.25, 0.3) is 0 Å². The van der Waals surface area contributed by atoms with Crippen LogP contribution >= 0.6 is 0 Å². The summed E-state index contributed by atoms with van der Waals surface area (Å²) in [5.41, 5.74) is 3.23. The van der Waals surface area contributed by atoms with Gasteiger partial charge in [-0.2, -0.15) is 0 Å². The van der Waals surface area contributed by atoms with E-state index in [2.05, 4.69) is 16.4 Å². The van der Waals surface area contributed by atoms with E-state index in [9.17, 15) is 9.59 Å². The average molecular weight is 466 g/mol. The number of nitrogens with two attached hydrogens (primary N) is 1. The van der Waals surface area contributed by atoms with Gasteiger partial charge in [0, 0.05) is 43.6 Å². The molecule has 0 aliphatic carbocycles. The van der Waals surface area contributed by atoms with Gasteiger partial charge in [-0.25, -0.2) is 20.4 Å². The van der Waals surface area contributed by atoms with Crippen molar-refractivity contribution in [1.29, 1.82) is 0 Å². The fraction of sp³-hybridized carbons (Fsp3) is 0.385. The van der Waals surface area contributed by atoms with E-state index in [1.807, 2.05) is 68.4 Å². The lowest BCUT2D eigenvalue weighted by atomic mass is 10.0. The number of carbonyl (C=O) groups is 2. The molecule has 1 heterocycles. The first-order valence-corrected chi connectivity index (χ1v) is 11.5. The molecule has 3 rings (SSSR count). The third-order valence-corrected chi connectivity index (χ3v) is 6.05. The van der Waals surface area contributed by atoms with Crippen LogP contribution in [0, 0.1) is 0 Å². The molecule has 2 aromatic rings. The third kappa shape index (κ3) is 5.58. The van der Waals surface area contributed by atoms with Crippen LogP contribution in [0.2, 0.25) is 0 Å². The monoisotopic (exact) mass is 465 g/mol. The van der Waals surface area contributed by atoms with E-state index in [4.69, 9.17) is 10.6 Å². The predicted octanol–water partition coefficient (Wildman–Crippen LogP) is 3.77. The largest absolute Gasteiger partial charge is 0.468 e. The number of urea groups is 1. The zero-order valence-electron chi connectivity index (χ0n) is 20.5. The summed E-state index contributed by atoms with van der Waals surface area (Å²) in [6.07, 6.45) is 0. The topological polar surface area (TPSA) is 82.4 Å². The van der Waals surface area contributed by atoms with Gasteiger partial charge in [-0.15, -0.1) is 0 Å². The summed E-state index contributed by atoms with van der Waals surface area (Å²) in [7, 11) is 1.43. The number of amides is 2. The average Bonchev–Trinajstić information content (AvgIpc) is 2.84. The van der Waals surface area contributed by atoms with Gasteiger partial charge < -0.3 is 9.64 Å². The molecular formula is C26H35N5O3. The van der Waals surface area contributed by atoms with Gasteiger partial charge in [0.2, 0.25) is 0 Å². The van der Waals surface area contributed by atoms with E-state index in [-0.39, 0.29) is 18.0 Å². The maximum atomic E-state index is 12.8. The molecule has 2 aromatic carbocycles. The van der Waals surface area contributed by atoms with Crippen molar-refractivity contribution in [3.8, 4) is 0 Å². The number of allylic oxidation sites excluding steroid dienone is 1. The van der Waals surface area contributed by atoms with Crippen LogP contribution in [-0.2, 0) is 9.53 Å². The van der Waals surface area contributed by atoms with Gasteiger partial charge in [0.15, 0.2) is 0 Å².